The summed E-state index contributed by atoms with van der Waals surface area (Å²) in [5.41, 5.74) is 1.28. The molecule has 0 saturated carbocycles. The van der Waals surface area contributed by atoms with E-state index in [0.29, 0.717) is 24.9 Å². The number of aromatic nitrogens is 2. The minimum atomic E-state index is 0.290. The van der Waals surface area contributed by atoms with E-state index in [0.717, 1.165) is 31.9 Å². The first-order valence-electron chi connectivity index (χ1n) is 8.88. The fourth-order valence-electron chi connectivity index (χ4n) is 3.07. The van der Waals surface area contributed by atoms with Crippen molar-refractivity contribution >= 4 is 5.69 Å². The molecule has 2 aromatic carbocycles. The second-order valence-corrected chi connectivity index (χ2v) is 6.29. The third kappa shape index (κ3) is 4.21. The summed E-state index contributed by atoms with van der Waals surface area (Å²) in [7, 11) is 0. The topological polar surface area (TPSA) is 54.6 Å². The third-order valence-electron chi connectivity index (χ3n) is 4.47. The molecule has 1 aliphatic heterocycles. The summed E-state index contributed by atoms with van der Waals surface area (Å²) in [4.78, 5) is 4.75. The van der Waals surface area contributed by atoms with E-state index in [1.807, 2.05) is 30.3 Å². The van der Waals surface area contributed by atoms with Crippen molar-refractivity contribution in [1.82, 2.24) is 15.1 Å². The fraction of sp³-hybridized carbons (Fsp3) is 0.300. The molecule has 0 radical (unpaired) electrons. The van der Waals surface area contributed by atoms with Crippen LogP contribution in [-0.2, 0) is 13.2 Å². The highest BCUT2D eigenvalue weighted by atomic mass is 16.5. The molecular weight excluding hydrogens is 328 g/mol. The van der Waals surface area contributed by atoms with Crippen molar-refractivity contribution in [2.45, 2.75) is 13.2 Å². The van der Waals surface area contributed by atoms with Crippen molar-refractivity contribution in [1.29, 1.82) is 0 Å². The molecule has 4 rings (SSSR count). The molecule has 0 amide bonds. The Balaban J connectivity index is 1.26. The lowest BCUT2D eigenvalue weighted by molar-refractivity contribution is 0.214. The van der Waals surface area contributed by atoms with Gasteiger partial charge < -0.3 is 14.1 Å². The Morgan fingerprint density at radius 3 is 2.19 bits per heavy atom. The zero-order valence-electron chi connectivity index (χ0n) is 14.6. The number of hydrogen-bond donors (Lipinski definition) is 0. The lowest BCUT2D eigenvalue weighted by Gasteiger charge is -2.35. The molecule has 0 atom stereocenters. The van der Waals surface area contributed by atoms with Crippen molar-refractivity contribution in [3.8, 4) is 5.75 Å². The monoisotopic (exact) mass is 350 g/mol. The molecule has 1 aromatic heterocycles. The molecule has 0 aliphatic carbocycles. The summed E-state index contributed by atoms with van der Waals surface area (Å²) in [5, 5.41) is 8.23. The number of benzene rings is 2. The maximum atomic E-state index is 5.72. The van der Waals surface area contributed by atoms with Gasteiger partial charge in [0.2, 0.25) is 5.89 Å². The van der Waals surface area contributed by atoms with Crippen LogP contribution < -0.4 is 9.64 Å². The largest absolute Gasteiger partial charge is 0.484 e. The predicted molar refractivity (Wildman–Crippen MR) is 99.0 cm³/mol. The summed E-state index contributed by atoms with van der Waals surface area (Å²) >= 11 is 0. The Morgan fingerprint density at radius 1 is 0.808 bits per heavy atom. The van der Waals surface area contributed by atoms with Crippen molar-refractivity contribution in [2.24, 2.45) is 0 Å². The van der Waals surface area contributed by atoms with E-state index in [1.165, 1.54) is 5.69 Å². The highest BCUT2D eigenvalue weighted by Crippen LogP contribution is 2.17. The molecule has 0 spiro atoms. The molecule has 0 unspecified atom stereocenters. The predicted octanol–water partition coefficient (Wildman–Crippen LogP) is 2.97. The van der Waals surface area contributed by atoms with Crippen LogP contribution in [-0.4, -0.2) is 41.3 Å². The van der Waals surface area contributed by atoms with E-state index < -0.39 is 0 Å². The van der Waals surface area contributed by atoms with Crippen LogP contribution >= 0.6 is 0 Å². The molecule has 2 heterocycles. The van der Waals surface area contributed by atoms with E-state index in [-0.39, 0.29) is 0 Å². The first kappa shape index (κ1) is 16.6. The summed E-state index contributed by atoms with van der Waals surface area (Å²) in [6, 6.07) is 20.2. The van der Waals surface area contributed by atoms with Crippen molar-refractivity contribution in [2.75, 3.05) is 31.1 Å². The highest BCUT2D eigenvalue weighted by Gasteiger charge is 2.19. The number of para-hydroxylation sites is 2. The average Bonchev–Trinajstić information content (AvgIpc) is 3.16. The Hall–Kier alpha value is -2.86. The van der Waals surface area contributed by atoms with Gasteiger partial charge >= 0.3 is 0 Å². The van der Waals surface area contributed by atoms with Crippen LogP contribution in [0.25, 0.3) is 0 Å². The molecule has 134 valence electrons. The van der Waals surface area contributed by atoms with Gasteiger partial charge in [-0.25, -0.2) is 0 Å². The number of piperazine rings is 1. The Morgan fingerprint density at radius 2 is 1.46 bits per heavy atom. The van der Waals surface area contributed by atoms with E-state index in [4.69, 9.17) is 9.15 Å². The van der Waals surface area contributed by atoms with Gasteiger partial charge in [0.05, 0.1) is 6.54 Å². The van der Waals surface area contributed by atoms with Crippen molar-refractivity contribution in [3.05, 3.63) is 72.4 Å². The molecule has 0 bridgehead atoms. The van der Waals surface area contributed by atoms with Gasteiger partial charge in [-0.15, -0.1) is 10.2 Å². The quantitative estimate of drug-likeness (QED) is 0.681. The molecular formula is C20H22N4O2. The Bertz CT molecular complexity index is 799. The maximum Gasteiger partial charge on any atom is 0.253 e. The lowest BCUT2D eigenvalue weighted by Crippen LogP contribution is -2.46. The van der Waals surface area contributed by atoms with Crippen LogP contribution in [0.15, 0.2) is 65.1 Å². The highest BCUT2D eigenvalue weighted by molar-refractivity contribution is 5.46. The number of nitrogens with zero attached hydrogens (tertiary/aromatic N) is 4. The number of rotatable bonds is 6. The van der Waals surface area contributed by atoms with Crippen molar-refractivity contribution in [3.63, 3.8) is 0 Å². The first-order chi connectivity index (χ1) is 12.9. The van der Waals surface area contributed by atoms with Gasteiger partial charge in [0, 0.05) is 31.9 Å². The molecule has 0 N–H and O–H groups in total. The smallest absolute Gasteiger partial charge is 0.253 e. The lowest BCUT2D eigenvalue weighted by atomic mass is 10.2. The number of anilines is 1. The van der Waals surface area contributed by atoms with Crippen LogP contribution in [0.3, 0.4) is 0 Å². The minimum Gasteiger partial charge on any atom is -0.484 e. The summed E-state index contributed by atoms with van der Waals surface area (Å²) in [5.74, 6) is 1.95. The molecule has 1 aliphatic rings. The average molecular weight is 350 g/mol. The normalized spacial score (nSPS) is 15.2. The second-order valence-electron chi connectivity index (χ2n) is 6.29. The van der Waals surface area contributed by atoms with Crippen LogP contribution in [0.1, 0.15) is 11.8 Å². The fourth-order valence-corrected chi connectivity index (χ4v) is 3.07. The van der Waals surface area contributed by atoms with Crippen LogP contribution in [0, 0.1) is 0 Å². The van der Waals surface area contributed by atoms with Gasteiger partial charge in [0.1, 0.15) is 5.75 Å². The SMILES string of the molecule is c1ccc(OCc2nnc(CN3CCN(c4ccccc4)CC3)o2)cc1. The van der Waals surface area contributed by atoms with Crippen molar-refractivity contribution < 1.29 is 9.15 Å². The summed E-state index contributed by atoms with van der Waals surface area (Å²) < 4.78 is 11.4. The number of ether oxygens (including phenoxy) is 1. The summed E-state index contributed by atoms with van der Waals surface area (Å²) in [6.45, 7) is 4.93. The molecule has 6 nitrogen and oxygen atoms in total. The van der Waals surface area contributed by atoms with E-state index >= 15 is 0 Å². The molecule has 1 fully saturated rings. The van der Waals surface area contributed by atoms with E-state index in [1.54, 1.807) is 0 Å². The second kappa shape index (κ2) is 8.01. The van der Waals surface area contributed by atoms with Gasteiger partial charge in [-0.2, -0.15) is 0 Å². The Kier molecular flexibility index (Phi) is 5.12. The van der Waals surface area contributed by atoms with Gasteiger partial charge in [0.25, 0.3) is 5.89 Å². The summed E-state index contributed by atoms with van der Waals surface area (Å²) in [6.07, 6.45) is 0. The maximum absolute atomic E-state index is 5.72. The minimum absolute atomic E-state index is 0.290. The molecule has 3 aromatic rings. The van der Waals surface area contributed by atoms with Gasteiger partial charge in [-0.05, 0) is 24.3 Å². The Labute approximate surface area is 153 Å². The van der Waals surface area contributed by atoms with Gasteiger partial charge in [-0.1, -0.05) is 36.4 Å². The zero-order chi connectivity index (χ0) is 17.6. The zero-order valence-corrected chi connectivity index (χ0v) is 14.6. The molecule has 6 heteroatoms. The van der Waals surface area contributed by atoms with Gasteiger partial charge in [-0.3, -0.25) is 4.90 Å². The van der Waals surface area contributed by atoms with E-state index in [9.17, 15) is 0 Å². The van der Waals surface area contributed by atoms with E-state index in [2.05, 4.69) is 50.3 Å². The molecule has 26 heavy (non-hydrogen) atoms. The molecule has 1 saturated heterocycles. The standard InChI is InChI=1S/C20H22N4O2/c1-3-7-17(8-4-1)24-13-11-23(12-14-24)15-19-21-22-20(26-19)16-25-18-9-5-2-6-10-18/h1-10H,11-16H2. The van der Waals surface area contributed by atoms with Crippen LogP contribution in [0.2, 0.25) is 0 Å². The number of hydrogen-bond acceptors (Lipinski definition) is 6. The first-order valence-corrected chi connectivity index (χ1v) is 8.88. The van der Waals surface area contributed by atoms with Crippen LogP contribution in [0.4, 0.5) is 5.69 Å². The van der Waals surface area contributed by atoms with Crippen LogP contribution in [0.5, 0.6) is 5.75 Å². The van der Waals surface area contributed by atoms with Gasteiger partial charge in [0.15, 0.2) is 6.61 Å². The third-order valence-corrected chi connectivity index (χ3v) is 4.47.